The number of alkyl carbamates (subject to hydrolysis) is 1. The largest absolute Gasteiger partial charge is 0.451 e. The first-order valence-corrected chi connectivity index (χ1v) is 24.6. The van der Waals surface area contributed by atoms with Crippen LogP contribution in [0.15, 0.2) is 95.9 Å². The molecule has 6 rings (SSSR count). The summed E-state index contributed by atoms with van der Waals surface area (Å²) in [6.45, 7) is 20.7. The standard InChI is InChI=1S/C45H58N4O9SSi/c1-10-23-55-43(54)48-26-33(25-34(48)56-28-60(8,9)45(5,6)7)47-22-21-31(38(47)50)24-32-27-59-40-35(46-42(53)58-44(2,3)4)39(51)49(40)36(32)41(52)57-37(29-17-13-11-14-18-29)30-19-15-12-16-20-30/h10-20,24,27,33-37,40H,1,21-23,25-26,28H2,2-9H3,(H,46,53)/b31-24+/t33-,34+,35-,36-,40-/m1/s1. The average Bonchev–Trinajstić information content (AvgIpc) is 3.79. The molecule has 2 aromatic carbocycles. The molecule has 0 unspecified atom stereocenters. The van der Waals surface area contributed by atoms with Gasteiger partial charge in [-0.1, -0.05) is 107 Å². The summed E-state index contributed by atoms with van der Waals surface area (Å²) >= 11 is 1.27. The fraction of sp³-hybridized carbons (Fsp3) is 0.489. The van der Waals surface area contributed by atoms with Gasteiger partial charge in [-0.3, -0.25) is 14.5 Å². The van der Waals surface area contributed by atoms with E-state index < -0.39 is 67.5 Å². The highest BCUT2D eigenvalue weighted by molar-refractivity contribution is 8.03. The number of β-lactam (4-membered cyclic amide) rings is 1. The molecule has 3 saturated heterocycles. The van der Waals surface area contributed by atoms with Crippen LogP contribution in [0, 0.1) is 0 Å². The quantitative estimate of drug-likeness (QED) is 0.0576. The van der Waals surface area contributed by atoms with E-state index in [2.05, 4.69) is 45.8 Å². The molecule has 0 bridgehead atoms. The second-order valence-electron chi connectivity index (χ2n) is 18.3. The lowest BCUT2D eigenvalue weighted by molar-refractivity contribution is -0.164. The second-order valence-corrected chi connectivity index (χ2v) is 24.8. The fourth-order valence-corrected chi connectivity index (χ4v) is 9.61. The third-order valence-corrected chi connectivity index (χ3v) is 17.9. The molecule has 60 heavy (non-hydrogen) atoms. The van der Waals surface area contributed by atoms with Gasteiger partial charge in [0.2, 0.25) is 11.8 Å². The zero-order valence-electron chi connectivity index (χ0n) is 35.8. The van der Waals surface area contributed by atoms with E-state index in [0.29, 0.717) is 36.8 Å². The maximum absolute atomic E-state index is 14.6. The molecule has 4 aliphatic rings. The number of carbonyl (C=O) groups excluding carboxylic acids is 5. The Bertz CT molecular complexity index is 1970. The average molecular weight is 859 g/mol. The summed E-state index contributed by atoms with van der Waals surface area (Å²) in [5, 5.41) is 3.89. The molecule has 4 heterocycles. The number of fused-ring (bicyclic) bond motifs is 1. The molecular formula is C45H58N4O9SSi. The van der Waals surface area contributed by atoms with E-state index in [0.717, 1.165) is 11.1 Å². The van der Waals surface area contributed by atoms with Crippen LogP contribution in [0.2, 0.25) is 18.1 Å². The fourth-order valence-electron chi connectivity index (χ4n) is 7.38. The number of thioether (sulfide) groups is 1. The number of likely N-dealkylation sites (tertiary alicyclic amines) is 2. The van der Waals surface area contributed by atoms with Crippen molar-refractivity contribution in [2.45, 2.75) is 114 Å². The van der Waals surface area contributed by atoms with Crippen molar-refractivity contribution in [3.63, 3.8) is 0 Å². The number of hydrogen-bond donors (Lipinski definition) is 1. The Balaban J connectivity index is 1.26. The number of carbonyl (C=O) groups is 5. The van der Waals surface area contributed by atoms with Crippen LogP contribution in [-0.2, 0) is 33.3 Å². The monoisotopic (exact) mass is 858 g/mol. The third kappa shape index (κ3) is 9.84. The van der Waals surface area contributed by atoms with Gasteiger partial charge in [0.15, 0.2) is 12.1 Å². The number of ether oxygens (including phenoxy) is 4. The van der Waals surface area contributed by atoms with E-state index in [-0.39, 0.29) is 30.1 Å². The summed E-state index contributed by atoms with van der Waals surface area (Å²) in [5.41, 5.74) is 1.59. The Labute approximate surface area is 358 Å². The predicted molar refractivity (Wildman–Crippen MR) is 232 cm³/mol. The van der Waals surface area contributed by atoms with Gasteiger partial charge >= 0.3 is 18.2 Å². The number of rotatable bonds is 12. The van der Waals surface area contributed by atoms with Crippen LogP contribution in [-0.4, -0.2) is 114 Å². The van der Waals surface area contributed by atoms with Crippen molar-refractivity contribution in [1.29, 1.82) is 0 Å². The van der Waals surface area contributed by atoms with Gasteiger partial charge in [-0.25, -0.2) is 14.4 Å². The Hall–Kier alpha value is -4.86. The topological polar surface area (TPSA) is 144 Å². The van der Waals surface area contributed by atoms with Crippen LogP contribution in [0.25, 0.3) is 0 Å². The molecule has 0 saturated carbocycles. The smallest absolute Gasteiger partial charge is 0.412 e. The van der Waals surface area contributed by atoms with Crippen LogP contribution in [0.5, 0.6) is 0 Å². The van der Waals surface area contributed by atoms with Gasteiger partial charge in [0.25, 0.3) is 0 Å². The molecule has 15 heteroatoms. The van der Waals surface area contributed by atoms with Crippen LogP contribution in [0.1, 0.15) is 71.6 Å². The first kappa shape index (κ1) is 44.7. The summed E-state index contributed by atoms with van der Waals surface area (Å²) in [4.78, 5) is 73.5. The van der Waals surface area contributed by atoms with Gasteiger partial charge in [-0.15, -0.1) is 11.8 Å². The minimum Gasteiger partial charge on any atom is -0.451 e. The molecule has 3 fully saturated rings. The molecule has 0 aromatic heterocycles. The van der Waals surface area contributed by atoms with Crippen LogP contribution < -0.4 is 5.32 Å². The summed E-state index contributed by atoms with van der Waals surface area (Å²) in [6.07, 6.45) is 1.91. The molecule has 5 atom stereocenters. The maximum Gasteiger partial charge on any atom is 0.412 e. The SMILES string of the molecule is C=CCOC(=O)N1C[C@H](N2CC/C(=C\C3=CS[C@@H]4[C@H](NC(=O)OC(C)(C)C)C(=O)N4[C@H]3C(=O)OC(c3ccccc3)c3ccccc3)C2=O)C[C@@H]1OC[Si](C)(C)C(C)(C)C. The summed E-state index contributed by atoms with van der Waals surface area (Å²) < 4.78 is 23.7. The van der Waals surface area contributed by atoms with Crippen LogP contribution in [0.3, 0.4) is 0 Å². The van der Waals surface area contributed by atoms with Crippen molar-refractivity contribution in [2.75, 3.05) is 25.9 Å². The summed E-state index contributed by atoms with van der Waals surface area (Å²) in [6, 6.07) is 16.2. The van der Waals surface area contributed by atoms with Crippen LogP contribution in [0.4, 0.5) is 9.59 Å². The van der Waals surface area contributed by atoms with Gasteiger partial charge in [-0.05, 0) is 60.4 Å². The highest BCUT2D eigenvalue weighted by Gasteiger charge is 2.57. The van der Waals surface area contributed by atoms with E-state index in [1.54, 1.807) is 42.1 Å². The summed E-state index contributed by atoms with van der Waals surface area (Å²) in [7, 11) is -1.87. The van der Waals surface area contributed by atoms with E-state index in [1.165, 1.54) is 22.7 Å². The molecular weight excluding hydrogens is 801 g/mol. The van der Waals surface area contributed by atoms with Crippen LogP contribution >= 0.6 is 11.8 Å². The van der Waals surface area contributed by atoms with Crippen molar-refractivity contribution >= 4 is 49.8 Å². The number of benzene rings is 2. The lowest BCUT2D eigenvalue weighted by atomic mass is 9.95. The lowest BCUT2D eigenvalue weighted by Gasteiger charge is -2.51. The normalized spacial score (nSPS) is 23.9. The molecule has 1 N–H and O–H groups in total. The molecule has 2 aromatic rings. The Morgan fingerprint density at radius 2 is 1.62 bits per heavy atom. The first-order valence-electron chi connectivity index (χ1n) is 20.4. The second kappa shape index (κ2) is 18.0. The highest BCUT2D eigenvalue weighted by Crippen LogP contribution is 2.43. The van der Waals surface area contributed by atoms with Crippen molar-refractivity contribution in [3.8, 4) is 0 Å². The van der Waals surface area contributed by atoms with Crippen molar-refractivity contribution in [1.82, 2.24) is 20.0 Å². The minimum absolute atomic E-state index is 0.0524. The van der Waals surface area contributed by atoms with E-state index in [9.17, 15) is 24.0 Å². The number of hydrogen-bond acceptors (Lipinski definition) is 10. The number of nitrogens with one attached hydrogen (secondary N) is 1. The van der Waals surface area contributed by atoms with Gasteiger partial charge < -0.3 is 34.1 Å². The Kier molecular flexibility index (Phi) is 13.4. The zero-order valence-corrected chi connectivity index (χ0v) is 37.7. The maximum atomic E-state index is 14.6. The lowest BCUT2D eigenvalue weighted by Crippen LogP contribution is -2.74. The van der Waals surface area contributed by atoms with Gasteiger partial charge in [0, 0.05) is 31.3 Å². The van der Waals surface area contributed by atoms with Gasteiger partial charge in [0.05, 0.1) is 14.1 Å². The first-order chi connectivity index (χ1) is 28.3. The zero-order chi connectivity index (χ0) is 43.6. The Morgan fingerprint density at radius 1 is 0.983 bits per heavy atom. The van der Waals surface area contributed by atoms with E-state index in [4.69, 9.17) is 18.9 Å². The highest BCUT2D eigenvalue weighted by atomic mass is 32.2. The molecule has 322 valence electrons. The van der Waals surface area contributed by atoms with E-state index in [1.807, 2.05) is 60.7 Å². The van der Waals surface area contributed by atoms with Crippen molar-refractivity contribution in [3.05, 3.63) is 107 Å². The molecule has 0 radical (unpaired) electrons. The Morgan fingerprint density at radius 3 is 2.20 bits per heavy atom. The number of esters is 1. The summed E-state index contributed by atoms with van der Waals surface area (Å²) in [5.74, 6) is -1.38. The molecule has 4 amide bonds. The number of amides is 4. The number of nitrogens with zero attached hydrogens (tertiary/aromatic N) is 3. The van der Waals surface area contributed by atoms with Crippen molar-refractivity contribution < 1.29 is 42.9 Å². The van der Waals surface area contributed by atoms with E-state index >= 15 is 0 Å². The molecule has 0 aliphatic carbocycles. The minimum atomic E-state index is -1.87. The van der Waals surface area contributed by atoms with Gasteiger partial charge in [-0.2, -0.15) is 0 Å². The predicted octanol–water partition coefficient (Wildman–Crippen LogP) is 7.33. The molecule has 4 aliphatic heterocycles. The molecule has 13 nitrogen and oxygen atoms in total. The molecule has 0 spiro atoms. The van der Waals surface area contributed by atoms with Gasteiger partial charge in [0.1, 0.15) is 29.9 Å². The van der Waals surface area contributed by atoms with Crippen molar-refractivity contribution in [2.24, 2.45) is 0 Å². The third-order valence-electron chi connectivity index (χ3n) is 11.7.